The lowest BCUT2D eigenvalue weighted by atomic mass is 9.99. The molecule has 6 heteroatoms. The number of hydrogen-bond acceptors (Lipinski definition) is 5. The first kappa shape index (κ1) is 12.4. The second-order valence-corrected chi connectivity index (χ2v) is 4.69. The molecule has 0 amide bonds. The van der Waals surface area contributed by atoms with Crippen molar-refractivity contribution in [2.45, 2.75) is 13.0 Å². The van der Waals surface area contributed by atoms with Gasteiger partial charge in [0.05, 0.1) is 11.8 Å². The van der Waals surface area contributed by atoms with Crippen molar-refractivity contribution in [3.8, 4) is 0 Å². The van der Waals surface area contributed by atoms with Crippen LogP contribution in [0.25, 0.3) is 0 Å². The van der Waals surface area contributed by atoms with Crippen molar-refractivity contribution in [3.05, 3.63) is 53.2 Å². The van der Waals surface area contributed by atoms with E-state index in [2.05, 4.69) is 38.5 Å². The lowest BCUT2D eigenvalue weighted by molar-refractivity contribution is 0.318. The highest BCUT2D eigenvalue weighted by molar-refractivity contribution is 6.01. The van der Waals surface area contributed by atoms with Gasteiger partial charge in [0.15, 0.2) is 11.7 Å². The van der Waals surface area contributed by atoms with E-state index >= 15 is 0 Å². The number of nitrogens with zero attached hydrogens (tertiary/aromatic N) is 4. The molecule has 0 saturated carbocycles. The van der Waals surface area contributed by atoms with Crippen LogP contribution in [0.4, 0.5) is 5.82 Å². The quantitative estimate of drug-likeness (QED) is 0.369. The van der Waals surface area contributed by atoms with Crippen LogP contribution in [-0.2, 0) is 13.0 Å². The average molecular weight is 269 g/mol. The maximum absolute atomic E-state index is 8.87. The maximum atomic E-state index is 8.87. The molecule has 0 aliphatic carbocycles. The van der Waals surface area contributed by atoms with Crippen molar-refractivity contribution in [1.29, 1.82) is 0 Å². The van der Waals surface area contributed by atoms with Crippen LogP contribution in [0.5, 0.6) is 0 Å². The van der Waals surface area contributed by atoms with Crippen LogP contribution in [0.1, 0.15) is 16.7 Å². The standard InChI is InChI=1S/C14H15N5O/c15-13(18-20)12-5-7-16-17-14(12)19-8-6-10-3-1-2-4-11(10)9-19/h1-5,7,20H,6,8-9H2,(H2,15,18). The third kappa shape index (κ3) is 2.16. The molecule has 0 atom stereocenters. The summed E-state index contributed by atoms with van der Waals surface area (Å²) in [5.41, 5.74) is 8.93. The Kier molecular flexibility index (Phi) is 3.20. The molecule has 2 aromatic rings. The van der Waals surface area contributed by atoms with Crippen LogP contribution in [0.3, 0.4) is 0 Å². The number of anilines is 1. The van der Waals surface area contributed by atoms with Gasteiger partial charge in [-0.25, -0.2) is 0 Å². The molecule has 0 fully saturated rings. The number of benzene rings is 1. The maximum Gasteiger partial charge on any atom is 0.173 e. The number of oxime groups is 1. The topological polar surface area (TPSA) is 87.6 Å². The van der Waals surface area contributed by atoms with Gasteiger partial charge in [-0.15, -0.1) is 5.10 Å². The Morgan fingerprint density at radius 3 is 2.85 bits per heavy atom. The molecule has 0 unspecified atom stereocenters. The molecule has 3 N–H and O–H groups in total. The molecular weight excluding hydrogens is 254 g/mol. The minimum absolute atomic E-state index is 0.0498. The highest BCUT2D eigenvalue weighted by Crippen LogP contribution is 2.24. The Labute approximate surface area is 116 Å². The molecule has 6 nitrogen and oxygen atoms in total. The summed E-state index contributed by atoms with van der Waals surface area (Å²) in [4.78, 5) is 2.10. The van der Waals surface area contributed by atoms with E-state index in [0.29, 0.717) is 11.4 Å². The zero-order chi connectivity index (χ0) is 13.9. The van der Waals surface area contributed by atoms with Crippen molar-refractivity contribution < 1.29 is 5.21 Å². The first-order valence-electron chi connectivity index (χ1n) is 6.41. The normalized spacial score (nSPS) is 15.0. The van der Waals surface area contributed by atoms with Crippen LogP contribution in [0.15, 0.2) is 41.7 Å². The fraction of sp³-hybridized carbons (Fsp3) is 0.214. The van der Waals surface area contributed by atoms with Gasteiger partial charge < -0.3 is 15.8 Å². The van der Waals surface area contributed by atoms with Gasteiger partial charge in [-0.2, -0.15) is 5.10 Å². The Bertz CT molecular complexity index is 656. The van der Waals surface area contributed by atoms with Crippen molar-refractivity contribution in [2.24, 2.45) is 10.9 Å². The summed E-state index contributed by atoms with van der Waals surface area (Å²) in [6.07, 6.45) is 2.48. The van der Waals surface area contributed by atoms with Crippen molar-refractivity contribution in [1.82, 2.24) is 10.2 Å². The van der Waals surface area contributed by atoms with Gasteiger partial charge in [0.2, 0.25) is 0 Å². The molecule has 0 saturated heterocycles. The van der Waals surface area contributed by atoms with E-state index in [9.17, 15) is 0 Å². The predicted molar refractivity (Wildman–Crippen MR) is 75.7 cm³/mol. The average Bonchev–Trinajstić information content (AvgIpc) is 2.53. The van der Waals surface area contributed by atoms with E-state index in [-0.39, 0.29) is 5.84 Å². The molecule has 0 spiro atoms. The summed E-state index contributed by atoms with van der Waals surface area (Å²) in [7, 11) is 0. The van der Waals surface area contributed by atoms with Gasteiger partial charge in [-0.05, 0) is 23.6 Å². The molecule has 2 heterocycles. The molecule has 20 heavy (non-hydrogen) atoms. The summed E-state index contributed by atoms with van der Waals surface area (Å²) >= 11 is 0. The molecule has 102 valence electrons. The Balaban J connectivity index is 1.96. The molecule has 3 rings (SSSR count). The first-order valence-corrected chi connectivity index (χ1v) is 6.41. The number of aromatic nitrogens is 2. The lowest BCUT2D eigenvalue weighted by Gasteiger charge is -2.30. The summed E-state index contributed by atoms with van der Waals surface area (Å²) < 4.78 is 0. The monoisotopic (exact) mass is 269 g/mol. The lowest BCUT2D eigenvalue weighted by Crippen LogP contribution is -2.33. The van der Waals surface area contributed by atoms with Crippen LogP contribution in [0.2, 0.25) is 0 Å². The zero-order valence-corrected chi connectivity index (χ0v) is 10.9. The van der Waals surface area contributed by atoms with E-state index in [0.717, 1.165) is 19.5 Å². The Morgan fingerprint density at radius 1 is 1.25 bits per heavy atom. The fourth-order valence-corrected chi connectivity index (χ4v) is 2.49. The molecule has 1 aromatic carbocycles. The fourth-order valence-electron chi connectivity index (χ4n) is 2.49. The smallest absolute Gasteiger partial charge is 0.173 e. The van der Waals surface area contributed by atoms with Gasteiger partial charge in [0.25, 0.3) is 0 Å². The Hall–Kier alpha value is -2.63. The van der Waals surface area contributed by atoms with Gasteiger partial charge in [0.1, 0.15) is 0 Å². The Morgan fingerprint density at radius 2 is 2.05 bits per heavy atom. The number of amidine groups is 1. The summed E-state index contributed by atoms with van der Waals surface area (Å²) in [6.45, 7) is 1.59. The van der Waals surface area contributed by atoms with Gasteiger partial charge in [-0.3, -0.25) is 0 Å². The highest BCUT2D eigenvalue weighted by Gasteiger charge is 2.21. The number of fused-ring (bicyclic) bond motifs is 1. The van der Waals surface area contributed by atoms with Crippen molar-refractivity contribution in [3.63, 3.8) is 0 Å². The van der Waals surface area contributed by atoms with Crippen LogP contribution in [0, 0.1) is 0 Å². The van der Waals surface area contributed by atoms with E-state index in [1.165, 1.54) is 17.3 Å². The van der Waals surface area contributed by atoms with Crippen molar-refractivity contribution in [2.75, 3.05) is 11.4 Å². The zero-order valence-electron chi connectivity index (χ0n) is 10.9. The van der Waals surface area contributed by atoms with Crippen LogP contribution in [-0.4, -0.2) is 27.8 Å². The molecule has 0 bridgehead atoms. The van der Waals surface area contributed by atoms with Crippen LogP contribution >= 0.6 is 0 Å². The number of rotatable bonds is 2. The second-order valence-electron chi connectivity index (χ2n) is 4.69. The number of hydrogen-bond donors (Lipinski definition) is 2. The van der Waals surface area contributed by atoms with E-state index in [1.807, 2.05) is 6.07 Å². The summed E-state index contributed by atoms with van der Waals surface area (Å²) in [5.74, 6) is 0.700. The third-order valence-electron chi connectivity index (χ3n) is 3.52. The molecule has 0 radical (unpaired) electrons. The first-order chi connectivity index (χ1) is 9.79. The van der Waals surface area contributed by atoms with Gasteiger partial charge >= 0.3 is 0 Å². The van der Waals surface area contributed by atoms with Crippen LogP contribution < -0.4 is 10.6 Å². The predicted octanol–water partition coefficient (Wildman–Crippen LogP) is 1.13. The third-order valence-corrected chi connectivity index (χ3v) is 3.52. The van der Waals surface area contributed by atoms with E-state index in [1.54, 1.807) is 6.07 Å². The van der Waals surface area contributed by atoms with Gasteiger partial charge in [-0.1, -0.05) is 29.4 Å². The molecule has 1 aromatic heterocycles. The van der Waals surface area contributed by atoms with E-state index < -0.39 is 0 Å². The largest absolute Gasteiger partial charge is 0.409 e. The van der Waals surface area contributed by atoms with E-state index in [4.69, 9.17) is 10.9 Å². The molecule has 1 aliphatic rings. The summed E-state index contributed by atoms with van der Waals surface area (Å²) in [6, 6.07) is 10.1. The number of nitrogens with two attached hydrogens (primary N) is 1. The molecular formula is C14H15N5O. The van der Waals surface area contributed by atoms with Gasteiger partial charge in [0, 0.05) is 13.1 Å². The summed E-state index contributed by atoms with van der Waals surface area (Å²) in [5, 5.41) is 20.0. The van der Waals surface area contributed by atoms with Crippen molar-refractivity contribution >= 4 is 11.7 Å². The molecule has 1 aliphatic heterocycles. The second kappa shape index (κ2) is 5.16. The SMILES string of the molecule is N/C(=N/O)c1ccnnc1N1CCc2ccccc2C1. The highest BCUT2D eigenvalue weighted by atomic mass is 16.4. The minimum Gasteiger partial charge on any atom is -0.409 e. The minimum atomic E-state index is 0.0498.